The molecule has 2 aromatic heterocycles. The van der Waals surface area contributed by atoms with Gasteiger partial charge in [-0.3, -0.25) is 9.59 Å². The van der Waals surface area contributed by atoms with Crippen LogP contribution in [-0.4, -0.2) is 52.0 Å². The molecule has 3 aliphatic rings. The number of nitrogens with zero attached hydrogens (tertiary/aromatic N) is 4. The highest BCUT2D eigenvalue weighted by molar-refractivity contribution is 6.08. The van der Waals surface area contributed by atoms with E-state index in [1.165, 1.54) is 4.90 Å². The Morgan fingerprint density at radius 1 is 1.22 bits per heavy atom. The molecular weight excluding hydrogens is 480 g/mol. The van der Waals surface area contributed by atoms with Gasteiger partial charge in [-0.25, -0.2) is 18.7 Å². The quantitative estimate of drug-likeness (QED) is 0.515. The molecule has 194 valence electrons. The molecule has 8 nitrogen and oxygen atoms in total. The van der Waals surface area contributed by atoms with Gasteiger partial charge in [0, 0.05) is 36.2 Å². The van der Waals surface area contributed by atoms with Crippen molar-refractivity contribution in [2.24, 2.45) is 5.92 Å². The minimum absolute atomic E-state index is 0.0132. The van der Waals surface area contributed by atoms with E-state index in [-0.39, 0.29) is 23.8 Å². The number of anilines is 1. The molecule has 0 spiro atoms. The van der Waals surface area contributed by atoms with Crippen molar-refractivity contribution in [2.45, 2.75) is 64.0 Å². The highest BCUT2D eigenvalue weighted by Crippen LogP contribution is 2.45. The number of rotatable bonds is 7. The van der Waals surface area contributed by atoms with Crippen molar-refractivity contribution in [2.75, 3.05) is 18.0 Å². The summed E-state index contributed by atoms with van der Waals surface area (Å²) in [6.45, 7) is 5.35. The molecule has 1 N–H and O–H groups in total. The predicted octanol–water partition coefficient (Wildman–Crippen LogP) is 4.23. The largest absolute Gasteiger partial charge is 0.473 e. The number of hydrogen-bond donors (Lipinski definition) is 1. The summed E-state index contributed by atoms with van der Waals surface area (Å²) in [6, 6.07) is 7.66. The van der Waals surface area contributed by atoms with Crippen molar-refractivity contribution in [1.29, 1.82) is 0 Å². The van der Waals surface area contributed by atoms with Gasteiger partial charge in [0.15, 0.2) is 0 Å². The average Bonchev–Trinajstić information content (AvgIpc) is 3.40. The topological polar surface area (TPSA) is 89.3 Å². The van der Waals surface area contributed by atoms with Crippen molar-refractivity contribution in [3.8, 4) is 17.1 Å². The summed E-state index contributed by atoms with van der Waals surface area (Å²) >= 11 is 0. The van der Waals surface area contributed by atoms with E-state index in [0.717, 1.165) is 23.9 Å². The lowest BCUT2D eigenvalue weighted by Crippen LogP contribution is -2.38. The van der Waals surface area contributed by atoms with E-state index in [1.807, 2.05) is 25.1 Å². The number of ether oxygens (including phenoxy) is 1. The van der Waals surface area contributed by atoms with E-state index in [2.05, 4.69) is 14.9 Å². The van der Waals surface area contributed by atoms with Crippen LogP contribution in [-0.2, 0) is 15.0 Å². The molecule has 2 atom stereocenters. The monoisotopic (exact) mass is 509 g/mol. The first-order chi connectivity index (χ1) is 17.6. The van der Waals surface area contributed by atoms with Crippen LogP contribution in [0.5, 0.6) is 5.88 Å². The van der Waals surface area contributed by atoms with Crippen LogP contribution in [0.4, 0.5) is 14.5 Å². The number of benzene rings is 1. The first-order valence-corrected chi connectivity index (χ1v) is 12.7. The third-order valence-electron chi connectivity index (χ3n) is 7.79. The van der Waals surface area contributed by atoms with Crippen molar-refractivity contribution in [1.82, 2.24) is 19.9 Å². The molecule has 1 saturated carbocycles. The van der Waals surface area contributed by atoms with Crippen LogP contribution in [0.1, 0.15) is 51.6 Å². The van der Waals surface area contributed by atoms with Gasteiger partial charge in [0.2, 0.25) is 17.7 Å². The number of imidazole rings is 1. The lowest BCUT2D eigenvalue weighted by molar-refractivity contribution is -0.122. The molecule has 1 aliphatic carbocycles. The van der Waals surface area contributed by atoms with Crippen LogP contribution in [0.2, 0.25) is 0 Å². The summed E-state index contributed by atoms with van der Waals surface area (Å²) in [5, 5.41) is 2.85. The van der Waals surface area contributed by atoms with Crippen LogP contribution in [0.15, 0.2) is 30.6 Å². The molecule has 1 saturated heterocycles. The van der Waals surface area contributed by atoms with Gasteiger partial charge >= 0.3 is 0 Å². The van der Waals surface area contributed by atoms with Gasteiger partial charge in [-0.2, -0.15) is 0 Å². The summed E-state index contributed by atoms with van der Waals surface area (Å²) in [4.78, 5) is 35.4. The number of amides is 2. The molecule has 10 heteroatoms. The van der Waals surface area contributed by atoms with Crippen molar-refractivity contribution in [3.63, 3.8) is 0 Å². The second-order valence-electron chi connectivity index (χ2n) is 10.8. The lowest BCUT2D eigenvalue weighted by Gasteiger charge is -2.21. The fraction of sp³-hybridized carbons (Fsp3) is 0.481. The number of carbonyl (C=O) groups is 2. The summed E-state index contributed by atoms with van der Waals surface area (Å²) in [5.74, 6) is 0.134. The number of halogens is 2. The minimum Gasteiger partial charge on any atom is -0.473 e. The molecule has 2 aliphatic heterocycles. The van der Waals surface area contributed by atoms with E-state index in [1.54, 1.807) is 26.2 Å². The molecule has 2 fully saturated rings. The number of hydrogen-bond acceptors (Lipinski definition) is 5. The van der Waals surface area contributed by atoms with Crippen LogP contribution < -0.4 is 15.0 Å². The number of alkyl halides is 2. The zero-order valence-corrected chi connectivity index (χ0v) is 21.0. The first kappa shape index (κ1) is 23.8. The Balaban J connectivity index is 1.43. The zero-order chi connectivity index (χ0) is 26.1. The number of aromatic nitrogens is 3. The third-order valence-corrected chi connectivity index (χ3v) is 7.79. The summed E-state index contributed by atoms with van der Waals surface area (Å²) in [5.41, 5.74) is 3.09. The zero-order valence-electron chi connectivity index (χ0n) is 21.0. The maximum atomic E-state index is 13.3. The summed E-state index contributed by atoms with van der Waals surface area (Å²) < 4.78 is 35.2. The SMILES string of the molecule is C[C@@H](Oc1nc(-c2ccc3c(c2)N(CC(F)F)C(=O)C3(C)C)cc2ncn(C3CC3)c12)C1CNC(=O)C1. The van der Waals surface area contributed by atoms with Crippen LogP contribution in [0.3, 0.4) is 0 Å². The highest BCUT2D eigenvalue weighted by Gasteiger charge is 2.44. The van der Waals surface area contributed by atoms with E-state index >= 15 is 0 Å². The van der Waals surface area contributed by atoms with Crippen LogP contribution in [0, 0.1) is 5.92 Å². The Morgan fingerprint density at radius 3 is 2.68 bits per heavy atom. The molecule has 2 amide bonds. The van der Waals surface area contributed by atoms with E-state index in [9.17, 15) is 18.4 Å². The van der Waals surface area contributed by atoms with Crippen molar-refractivity contribution in [3.05, 3.63) is 36.2 Å². The standard InChI is InChI=1S/C27H29F2N5O3/c1-14(16-9-23(35)30-11-16)37-25-24-20(31-13-34(24)17-5-6-17)10-19(32-25)15-4-7-18-21(8-15)33(12-22(28)29)26(36)27(18,2)3/h4,7-8,10,13-14,16-17,22H,5-6,9,11-12H2,1-3H3,(H,30,35)/t14-,16?/m1/s1. The molecule has 6 rings (SSSR count). The smallest absolute Gasteiger partial charge is 0.256 e. The van der Waals surface area contributed by atoms with Gasteiger partial charge < -0.3 is 19.5 Å². The minimum atomic E-state index is -2.64. The summed E-state index contributed by atoms with van der Waals surface area (Å²) in [6.07, 6.45) is 1.44. The maximum absolute atomic E-state index is 13.3. The molecule has 37 heavy (non-hydrogen) atoms. The van der Waals surface area contributed by atoms with E-state index < -0.39 is 18.4 Å². The van der Waals surface area contributed by atoms with Gasteiger partial charge in [0.05, 0.1) is 29.5 Å². The van der Waals surface area contributed by atoms with Gasteiger partial charge in [0.1, 0.15) is 11.6 Å². The second kappa shape index (κ2) is 8.49. The maximum Gasteiger partial charge on any atom is 0.256 e. The Bertz CT molecular complexity index is 1410. The molecule has 1 unspecified atom stereocenters. The normalized spacial score (nSPS) is 21.6. The Labute approximate surface area is 213 Å². The molecule has 3 aromatic rings. The number of fused-ring (bicyclic) bond motifs is 2. The Kier molecular flexibility index (Phi) is 5.47. The number of carbonyl (C=O) groups excluding carboxylic acids is 2. The summed E-state index contributed by atoms with van der Waals surface area (Å²) in [7, 11) is 0. The second-order valence-corrected chi connectivity index (χ2v) is 10.8. The number of pyridine rings is 1. The Morgan fingerprint density at radius 2 is 2.00 bits per heavy atom. The molecule has 4 heterocycles. The fourth-order valence-corrected chi connectivity index (χ4v) is 5.44. The van der Waals surface area contributed by atoms with E-state index in [4.69, 9.17) is 9.72 Å². The van der Waals surface area contributed by atoms with Gasteiger partial charge in [-0.1, -0.05) is 12.1 Å². The molecule has 1 aromatic carbocycles. The van der Waals surface area contributed by atoms with Crippen LogP contribution in [0.25, 0.3) is 22.3 Å². The average molecular weight is 510 g/mol. The van der Waals surface area contributed by atoms with Crippen molar-refractivity contribution >= 4 is 28.5 Å². The van der Waals surface area contributed by atoms with Crippen molar-refractivity contribution < 1.29 is 23.1 Å². The van der Waals surface area contributed by atoms with Gasteiger partial charge in [0.25, 0.3) is 6.43 Å². The highest BCUT2D eigenvalue weighted by atomic mass is 19.3. The molecule has 0 radical (unpaired) electrons. The number of nitrogens with one attached hydrogen (secondary N) is 1. The van der Waals surface area contributed by atoms with E-state index in [0.29, 0.717) is 47.4 Å². The lowest BCUT2D eigenvalue weighted by atomic mass is 9.85. The fourth-order valence-electron chi connectivity index (χ4n) is 5.44. The Hall–Kier alpha value is -3.56. The third kappa shape index (κ3) is 4.02. The van der Waals surface area contributed by atoms with Gasteiger partial charge in [-0.05, 0) is 51.3 Å². The van der Waals surface area contributed by atoms with Crippen LogP contribution >= 0.6 is 0 Å². The van der Waals surface area contributed by atoms with Gasteiger partial charge in [-0.15, -0.1) is 0 Å². The predicted molar refractivity (Wildman–Crippen MR) is 134 cm³/mol. The first-order valence-electron chi connectivity index (χ1n) is 12.7. The molecule has 0 bridgehead atoms. The molecular formula is C27H29F2N5O3.